The Morgan fingerprint density at radius 1 is 0.313 bits per heavy atom. The zero-order valence-corrected chi connectivity index (χ0v) is 43.9. The molecule has 1 atom stereocenters. The maximum atomic E-state index is 12.8. The third-order valence-corrected chi connectivity index (χ3v) is 11.9. The van der Waals surface area contributed by atoms with Crippen molar-refractivity contribution >= 4 is 17.9 Å². The Kier molecular flexibility index (Phi) is 52.4. The number of carbonyl (C=O) groups is 3. The molecule has 67 heavy (non-hydrogen) atoms. The first-order chi connectivity index (χ1) is 33.0. The molecule has 0 rings (SSSR count). The highest BCUT2D eigenvalue weighted by Gasteiger charge is 2.19. The van der Waals surface area contributed by atoms with Gasteiger partial charge >= 0.3 is 17.9 Å². The van der Waals surface area contributed by atoms with E-state index in [9.17, 15) is 14.4 Å². The molecule has 0 radical (unpaired) electrons. The standard InChI is InChI=1S/C61H104O6/c1-4-7-10-13-16-19-22-25-28-29-30-31-34-37-40-43-46-49-52-55-61(64)67-58(56-65-59(62)53-50-47-44-41-38-35-32-26-23-20-17-14-11-8-5-2)57-66-60(63)54-51-48-45-42-39-36-33-27-24-21-18-15-12-9-6-3/h7,10,16,19-20,23,25,27-28,30-31,33,37,40,58H,4-6,8-9,11-15,17-18,21-22,24,26,29,32,34-36,38-39,41-57H2,1-3H3/b10-7-,19-16-,23-20-,28-25-,31-30-,33-27-,40-37-/t58-/m0/s1. The van der Waals surface area contributed by atoms with Gasteiger partial charge in [0, 0.05) is 19.3 Å². The maximum absolute atomic E-state index is 12.8. The molecule has 0 saturated heterocycles. The largest absolute Gasteiger partial charge is 0.462 e. The third-order valence-electron chi connectivity index (χ3n) is 11.9. The van der Waals surface area contributed by atoms with Crippen LogP contribution in [0.5, 0.6) is 0 Å². The summed E-state index contributed by atoms with van der Waals surface area (Å²) in [5.74, 6) is -0.936. The van der Waals surface area contributed by atoms with Gasteiger partial charge in [-0.1, -0.05) is 215 Å². The smallest absolute Gasteiger partial charge is 0.306 e. The van der Waals surface area contributed by atoms with Gasteiger partial charge in [0.25, 0.3) is 0 Å². The van der Waals surface area contributed by atoms with Gasteiger partial charge in [0.2, 0.25) is 0 Å². The molecular formula is C61H104O6. The Morgan fingerprint density at radius 3 is 0.955 bits per heavy atom. The van der Waals surface area contributed by atoms with E-state index in [1.807, 2.05) is 0 Å². The molecule has 0 aromatic carbocycles. The van der Waals surface area contributed by atoms with Crippen molar-refractivity contribution in [1.29, 1.82) is 0 Å². The van der Waals surface area contributed by atoms with Crippen LogP contribution in [0.2, 0.25) is 0 Å². The first-order valence-electron chi connectivity index (χ1n) is 28.1. The van der Waals surface area contributed by atoms with E-state index in [4.69, 9.17) is 14.2 Å². The first kappa shape index (κ1) is 63.6. The second-order valence-electron chi connectivity index (χ2n) is 18.5. The van der Waals surface area contributed by atoms with Crippen LogP contribution in [-0.4, -0.2) is 37.2 Å². The van der Waals surface area contributed by atoms with Crippen LogP contribution in [0, 0.1) is 0 Å². The Balaban J connectivity index is 4.47. The molecule has 0 heterocycles. The molecule has 0 aliphatic heterocycles. The predicted molar refractivity (Wildman–Crippen MR) is 288 cm³/mol. The van der Waals surface area contributed by atoms with Crippen LogP contribution in [-0.2, 0) is 28.6 Å². The van der Waals surface area contributed by atoms with Crippen LogP contribution < -0.4 is 0 Å². The highest BCUT2D eigenvalue weighted by atomic mass is 16.6. The Morgan fingerprint density at radius 2 is 0.582 bits per heavy atom. The van der Waals surface area contributed by atoms with Gasteiger partial charge in [-0.25, -0.2) is 0 Å². The summed E-state index contributed by atoms with van der Waals surface area (Å²) in [5, 5.41) is 0. The fourth-order valence-corrected chi connectivity index (χ4v) is 7.63. The molecule has 0 aromatic rings. The molecule has 6 heteroatoms. The molecule has 6 nitrogen and oxygen atoms in total. The van der Waals surface area contributed by atoms with Gasteiger partial charge in [0.15, 0.2) is 6.10 Å². The SMILES string of the molecule is CC/C=C\C/C=C\C/C=C\C/C=C\C/C=C\CCCCCC(=O)O[C@H](COC(=O)CCCCCCC/C=C\CCCCCCCC)COC(=O)CCCCCCCCC/C=C\CCCCCC. The molecule has 384 valence electrons. The van der Waals surface area contributed by atoms with Crippen molar-refractivity contribution in [2.24, 2.45) is 0 Å². The Bertz CT molecular complexity index is 1300. The average Bonchev–Trinajstić information content (AvgIpc) is 3.33. The van der Waals surface area contributed by atoms with E-state index in [0.29, 0.717) is 12.8 Å². The van der Waals surface area contributed by atoms with E-state index in [1.54, 1.807) is 0 Å². The van der Waals surface area contributed by atoms with Crippen molar-refractivity contribution in [3.8, 4) is 0 Å². The van der Waals surface area contributed by atoms with Crippen molar-refractivity contribution in [2.45, 2.75) is 271 Å². The lowest BCUT2D eigenvalue weighted by Crippen LogP contribution is -2.30. The number of esters is 3. The highest BCUT2D eigenvalue weighted by molar-refractivity contribution is 5.71. The summed E-state index contributed by atoms with van der Waals surface area (Å²) in [6, 6.07) is 0. The summed E-state index contributed by atoms with van der Waals surface area (Å²) in [6.45, 7) is 6.48. The van der Waals surface area contributed by atoms with Crippen LogP contribution in [0.15, 0.2) is 85.1 Å². The maximum Gasteiger partial charge on any atom is 0.306 e. The molecule has 0 unspecified atom stereocenters. The molecule has 0 aliphatic carbocycles. The second kappa shape index (κ2) is 55.2. The monoisotopic (exact) mass is 933 g/mol. The van der Waals surface area contributed by atoms with Crippen molar-refractivity contribution in [3.63, 3.8) is 0 Å². The van der Waals surface area contributed by atoms with Crippen molar-refractivity contribution in [3.05, 3.63) is 85.1 Å². The van der Waals surface area contributed by atoms with E-state index in [-0.39, 0.29) is 37.5 Å². The molecule has 0 aromatic heterocycles. The van der Waals surface area contributed by atoms with Crippen LogP contribution in [0.3, 0.4) is 0 Å². The fraction of sp³-hybridized carbons (Fsp3) is 0.721. The van der Waals surface area contributed by atoms with Crippen molar-refractivity contribution in [1.82, 2.24) is 0 Å². The minimum atomic E-state index is -0.799. The number of hydrogen-bond donors (Lipinski definition) is 0. The van der Waals surface area contributed by atoms with Gasteiger partial charge in [-0.3, -0.25) is 14.4 Å². The summed E-state index contributed by atoms with van der Waals surface area (Å²) in [5.41, 5.74) is 0. The lowest BCUT2D eigenvalue weighted by molar-refractivity contribution is -0.167. The first-order valence-corrected chi connectivity index (χ1v) is 28.1. The normalized spacial score (nSPS) is 12.7. The van der Waals surface area contributed by atoms with Crippen molar-refractivity contribution < 1.29 is 28.6 Å². The molecule has 0 N–H and O–H groups in total. The molecule has 0 spiro atoms. The van der Waals surface area contributed by atoms with Crippen LogP contribution in [0.1, 0.15) is 265 Å². The lowest BCUT2D eigenvalue weighted by atomic mass is 10.1. The van der Waals surface area contributed by atoms with E-state index >= 15 is 0 Å². The number of allylic oxidation sites excluding steroid dienone is 14. The number of carbonyl (C=O) groups excluding carboxylic acids is 3. The van der Waals surface area contributed by atoms with E-state index < -0.39 is 6.10 Å². The quantitative estimate of drug-likeness (QED) is 0.0262. The van der Waals surface area contributed by atoms with Gasteiger partial charge in [0.05, 0.1) is 0 Å². The summed E-state index contributed by atoms with van der Waals surface area (Å²) in [6.07, 6.45) is 71.4. The molecule has 0 amide bonds. The summed E-state index contributed by atoms with van der Waals surface area (Å²) in [7, 11) is 0. The molecule has 0 saturated carbocycles. The van der Waals surface area contributed by atoms with Gasteiger partial charge in [-0.05, 0) is 116 Å². The van der Waals surface area contributed by atoms with Crippen LogP contribution >= 0.6 is 0 Å². The topological polar surface area (TPSA) is 78.9 Å². The number of unbranched alkanes of at least 4 members (excludes halogenated alkanes) is 25. The average molecular weight is 933 g/mol. The van der Waals surface area contributed by atoms with Gasteiger partial charge in [-0.2, -0.15) is 0 Å². The van der Waals surface area contributed by atoms with E-state index in [1.165, 1.54) is 122 Å². The Labute approximate surface area is 414 Å². The predicted octanol–water partition coefficient (Wildman–Crippen LogP) is 18.8. The molecular weight excluding hydrogens is 829 g/mol. The molecule has 0 aliphatic rings. The minimum absolute atomic E-state index is 0.0947. The number of rotatable bonds is 50. The molecule has 0 bridgehead atoms. The van der Waals surface area contributed by atoms with Crippen LogP contribution in [0.25, 0.3) is 0 Å². The zero-order chi connectivity index (χ0) is 48.6. The van der Waals surface area contributed by atoms with Crippen LogP contribution in [0.4, 0.5) is 0 Å². The van der Waals surface area contributed by atoms with E-state index in [2.05, 4.69) is 106 Å². The van der Waals surface area contributed by atoms with E-state index in [0.717, 1.165) is 103 Å². The van der Waals surface area contributed by atoms with Gasteiger partial charge < -0.3 is 14.2 Å². The van der Waals surface area contributed by atoms with Gasteiger partial charge in [-0.15, -0.1) is 0 Å². The lowest BCUT2D eigenvalue weighted by Gasteiger charge is -2.18. The van der Waals surface area contributed by atoms with Gasteiger partial charge in [0.1, 0.15) is 13.2 Å². The third kappa shape index (κ3) is 53.4. The summed E-state index contributed by atoms with van der Waals surface area (Å²) < 4.78 is 16.8. The fourth-order valence-electron chi connectivity index (χ4n) is 7.63. The Hall–Kier alpha value is -3.41. The second-order valence-corrected chi connectivity index (χ2v) is 18.5. The highest BCUT2D eigenvalue weighted by Crippen LogP contribution is 2.14. The number of hydrogen-bond acceptors (Lipinski definition) is 6. The number of ether oxygens (including phenoxy) is 3. The summed E-state index contributed by atoms with van der Waals surface area (Å²) >= 11 is 0. The zero-order valence-electron chi connectivity index (χ0n) is 43.9. The minimum Gasteiger partial charge on any atom is -0.462 e. The molecule has 0 fully saturated rings. The summed E-state index contributed by atoms with van der Waals surface area (Å²) in [4.78, 5) is 38.1. The van der Waals surface area contributed by atoms with Crippen molar-refractivity contribution in [2.75, 3.05) is 13.2 Å².